The van der Waals surface area contributed by atoms with E-state index in [2.05, 4.69) is 27.1 Å². The summed E-state index contributed by atoms with van der Waals surface area (Å²) < 4.78 is 20.2. The summed E-state index contributed by atoms with van der Waals surface area (Å²) in [5.74, 6) is 0.0840. The fourth-order valence-corrected chi connectivity index (χ4v) is 3.99. The van der Waals surface area contributed by atoms with Crippen LogP contribution in [0.4, 0.5) is 9.52 Å². The highest BCUT2D eigenvalue weighted by molar-refractivity contribution is 7.15. The molecule has 0 bridgehead atoms. The van der Waals surface area contributed by atoms with E-state index >= 15 is 0 Å². The zero-order chi connectivity index (χ0) is 18.8. The number of rotatable bonds is 5. The number of amides is 1. The van der Waals surface area contributed by atoms with Crippen LogP contribution in [0.1, 0.15) is 36.4 Å². The van der Waals surface area contributed by atoms with Crippen LogP contribution >= 0.6 is 11.3 Å². The summed E-state index contributed by atoms with van der Waals surface area (Å²) in [6, 6.07) is 2.22. The SMILES string of the molecule is CC(=O)Nc1nc(F)c(CN2C[C@H](Oc3cc(C)ncc3C)C[C@@H]2C)s1. The predicted octanol–water partition coefficient (Wildman–Crippen LogP) is 3.29. The van der Waals surface area contributed by atoms with Crippen molar-refractivity contribution in [3.8, 4) is 5.75 Å². The lowest BCUT2D eigenvalue weighted by atomic mass is 10.2. The van der Waals surface area contributed by atoms with Gasteiger partial charge in [0.1, 0.15) is 11.9 Å². The zero-order valence-corrected chi connectivity index (χ0v) is 16.2. The van der Waals surface area contributed by atoms with Crippen LogP contribution in [0.15, 0.2) is 12.3 Å². The second-order valence-corrected chi connectivity index (χ2v) is 7.84. The third-order valence-electron chi connectivity index (χ3n) is 4.43. The molecule has 3 heterocycles. The summed E-state index contributed by atoms with van der Waals surface area (Å²) in [5, 5.41) is 2.83. The van der Waals surface area contributed by atoms with Crippen molar-refractivity contribution in [3.05, 3.63) is 34.3 Å². The van der Waals surface area contributed by atoms with Crippen molar-refractivity contribution in [1.29, 1.82) is 0 Å². The lowest BCUT2D eigenvalue weighted by Gasteiger charge is -2.19. The second kappa shape index (κ2) is 7.67. The molecule has 0 spiro atoms. The van der Waals surface area contributed by atoms with E-state index in [1.54, 1.807) is 0 Å². The smallest absolute Gasteiger partial charge is 0.230 e. The normalized spacial score (nSPS) is 20.3. The standard InChI is InChI=1S/C18H23FN4O2S/c1-10-7-20-11(2)5-15(10)25-14-6-12(3)23(8-14)9-16-17(19)22-18(26-16)21-13(4)24/h5,7,12,14H,6,8-9H2,1-4H3,(H,21,22,24)/t12-,14+/m0/s1. The molecule has 2 aromatic heterocycles. The van der Waals surface area contributed by atoms with Crippen molar-refractivity contribution in [2.24, 2.45) is 0 Å². The largest absolute Gasteiger partial charge is 0.489 e. The van der Waals surface area contributed by atoms with Crippen molar-refractivity contribution in [2.75, 3.05) is 11.9 Å². The number of nitrogens with zero attached hydrogens (tertiary/aromatic N) is 3. The number of carbonyl (C=O) groups excluding carboxylic acids is 1. The Morgan fingerprint density at radius 2 is 2.27 bits per heavy atom. The number of hydrogen-bond acceptors (Lipinski definition) is 6. The minimum Gasteiger partial charge on any atom is -0.489 e. The fourth-order valence-electron chi connectivity index (χ4n) is 3.08. The molecule has 1 saturated heterocycles. The van der Waals surface area contributed by atoms with Crippen molar-refractivity contribution in [1.82, 2.24) is 14.9 Å². The Balaban J connectivity index is 1.65. The molecule has 0 aliphatic carbocycles. The number of thiazole rings is 1. The maximum Gasteiger partial charge on any atom is 0.230 e. The van der Waals surface area contributed by atoms with E-state index in [4.69, 9.17) is 4.74 Å². The molecule has 140 valence electrons. The number of ether oxygens (including phenoxy) is 1. The van der Waals surface area contributed by atoms with Gasteiger partial charge in [0, 0.05) is 56.0 Å². The number of pyridine rings is 1. The predicted molar refractivity (Wildman–Crippen MR) is 99.0 cm³/mol. The second-order valence-electron chi connectivity index (χ2n) is 6.76. The number of hydrogen-bond donors (Lipinski definition) is 1. The zero-order valence-electron chi connectivity index (χ0n) is 15.4. The van der Waals surface area contributed by atoms with Crippen LogP contribution in [0.5, 0.6) is 5.75 Å². The summed E-state index contributed by atoms with van der Waals surface area (Å²) in [6.07, 6.45) is 2.74. The molecule has 8 heteroatoms. The average Bonchev–Trinajstić information content (AvgIpc) is 3.05. The summed E-state index contributed by atoms with van der Waals surface area (Å²) in [5.41, 5.74) is 1.93. The molecular formula is C18H23FN4O2S. The van der Waals surface area contributed by atoms with Gasteiger partial charge in [0.2, 0.25) is 11.9 Å². The minimum atomic E-state index is -0.518. The molecule has 1 aliphatic heterocycles. The topological polar surface area (TPSA) is 67.4 Å². The van der Waals surface area contributed by atoms with E-state index in [1.165, 1.54) is 18.3 Å². The van der Waals surface area contributed by atoms with Gasteiger partial charge in [-0.2, -0.15) is 9.37 Å². The maximum absolute atomic E-state index is 14.1. The van der Waals surface area contributed by atoms with Crippen molar-refractivity contribution < 1.29 is 13.9 Å². The molecule has 0 saturated carbocycles. The van der Waals surface area contributed by atoms with Crippen molar-refractivity contribution in [2.45, 2.75) is 52.8 Å². The molecule has 1 aliphatic rings. The molecule has 6 nitrogen and oxygen atoms in total. The van der Waals surface area contributed by atoms with Gasteiger partial charge in [-0.15, -0.1) is 0 Å². The quantitative estimate of drug-likeness (QED) is 0.865. The molecular weight excluding hydrogens is 355 g/mol. The molecule has 0 radical (unpaired) electrons. The number of anilines is 1. The molecule has 1 amide bonds. The summed E-state index contributed by atoms with van der Waals surface area (Å²) in [4.78, 5) is 21.9. The minimum absolute atomic E-state index is 0.0521. The van der Waals surface area contributed by atoms with Crippen molar-refractivity contribution in [3.63, 3.8) is 0 Å². The lowest BCUT2D eigenvalue weighted by molar-refractivity contribution is -0.114. The van der Waals surface area contributed by atoms with E-state index in [9.17, 15) is 9.18 Å². The van der Waals surface area contributed by atoms with Gasteiger partial charge in [-0.25, -0.2) is 0 Å². The van der Waals surface area contributed by atoms with Crippen LogP contribution in [0, 0.1) is 19.8 Å². The summed E-state index contributed by atoms with van der Waals surface area (Å²) in [7, 11) is 0. The molecule has 2 atom stereocenters. The van der Waals surface area contributed by atoms with E-state index in [1.807, 2.05) is 26.1 Å². The van der Waals surface area contributed by atoms with Gasteiger partial charge in [-0.3, -0.25) is 14.7 Å². The Kier molecular flexibility index (Phi) is 5.52. The van der Waals surface area contributed by atoms with Gasteiger partial charge in [-0.1, -0.05) is 11.3 Å². The fraction of sp³-hybridized carbons (Fsp3) is 0.500. The number of likely N-dealkylation sites (tertiary alicyclic amines) is 1. The van der Waals surface area contributed by atoms with Crippen LogP contribution < -0.4 is 10.1 Å². The molecule has 0 unspecified atom stereocenters. The number of nitrogens with one attached hydrogen (secondary N) is 1. The third-order valence-corrected chi connectivity index (χ3v) is 5.36. The summed E-state index contributed by atoms with van der Waals surface area (Å²) in [6.45, 7) is 8.59. The van der Waals surface area contributed by atoms with Gasteiger partial charge in [-0.05, 0) is 20.8 Å². The average molecular weight is 378 g/mol. The maximum atomic E-state index is 14.1. The molecule has 26 heavy (non-hydrogen) atoms. The Morgan fingerprint density at radius 1 is 1.50 bits per heavy atom. The third kappa shape index (κ3) is 4.37. The van der Waals surface area contributed by atoms with E-state index in [-0.39, 0.29) is 18.1 Å². The Bertz CT molecular complexity index is 810. The molecule has 2 aromatic rings. The van der Waals surface area contributed by atoms with Crippen LogP contribution in [0.2, 0.25) is 0 Å². The molecule has 1 fully saturated rings. The number of aromatic nitrogens is 2. The van der Waals surface area contributed by atoms with E-state index in [0.717, 1.165) is 30.0 Å². The monoisotopic (exact) mass is 378 g/mol. The number of halogens is 1. The number of aryl methyl sites for hydroxylation is 2. The Morgan fingerprint density at radius 3 is 3.00 bits per heavy atom. The van der Waals surface area contributed by atoms with E-state index in [0.29, 0.717) is 16.6 Å². The molecule has 1 N–H and O–H groups in total. The van der Waals surface area contributed by atoms with Gasteiger partial charge < -0.3 is 10.1 Å². The van der Waals surface area contributed by atoms with Crippen LogP contribution in [-0.2, 0) is 11.3 Å². The van der Waals surface area contributed by atoms with Gasteiger partial charge in [0.15, 0.2) is 5.13 Å². The van der Waals surface area contributed by atoms with Crippen LogP contribution in [0.3, 0.4) is 0 Å². The highest BCUT2D eigenvalue weighted by Gasteiger charge is 2.32. The molecule has 3 rings (SSSR count). The van der Waals surface area contributed by atoms with Gasteiger partial charge in [0.25, 0.3) is 0 Å². The van der Waals surface area contributed by atoms with E-state index < -0.39 is 5.95 Å². The first kappa shape index (κ1) is 18.7. The highest BCUT2D eigenvalue weighted by atomic mass is 32.1. The van der Waals surface area contributed by atoms with Crippen LogP contribution in [-0.4, -0.2) is 39.5 Å². The first-order valence-electron chi connectivity index (χ1n) is 8.58. The first-order valence-corrected chi connectivity index (χ1v) is 9.40. The van der Waals surface area contributed by atoms with Crippen molar-refractivity contribution >= 4 is 22.4 Å². The van der Waals surface area contributed by atoms with Gasteiger partial charge >= 0.3 is 0 Å². The first-order chi connectivity index (χ1) is 12.3. The Hall–Kier alpha value is -2.06. The van der Waals surface area contributed by atoms with Crippen LogP contribution in [0.25, 0.3) is 0 Å². The van der Waals surface area contributed by atoms with Gasteiger partial charge in [0.05, 0.1) is 4.88 Å². The Labute approximate surface area is 156 Å². The number of carbonyl (C=O) groups is 1. The molecule has 0 aromatic carbocycles. The summed E-state index contributed by atoms with van der Waals surface area (Å²) >= 11 is 1.18. The highest BCUT2D eigenvalue weighted by Crippen LogP contribution is 2.29. The lowest BCUT2D eigenvalue weighted by Crippen LogP contribution is -2.28.